The number of phenolic OH excluding ortho intramolecular Hbond substituents is 2. The highest BCUT2D eigenvalue weighted by Gasteiger charge is 2.12. The van der Waals surface area contributed by atoms with Crippen molar-refractivity contribution in [1.29, 1.82) is 0 Å². The van der Waals surface area contributed by atoms with Crippen LogP contribution in [0.5, 0.6) is 11.5 Å². The second-order valence-electron chi connectivity index (χ2n) is 4.09. The number of sulfonamides is 1. The zero-order valence-electron chi connectivity index (χ0n) is 10.4. The average Bonchev–Trinajstić information content (AvgIpc) is 2.26. The first kappa shape index (κ1) is 14.7. The molecule has 0 saturated carbocycles. The van der Waals surface area contributed by atoms with Crippen LogP contribution >= 0.6 is 0 Å². The van der Waals surface area contributed by atoms with E-state index in [1.54, 1.807) is 6.07 Å². The Morgan fingerprint density at radius 1 is 1.28 bits per heavy atom. The Kier molecular flexibility index (Phi) is 4.94. The van der Waals surface area contributed by atoms with Gasteiger partial charge in [-0.3, -0.25) is 0 Å². The molecule has 102 valence electrons. The Balaban J connectivity index is 2.43. The molecule has 18 heavy (non-hydrogen) atoms. The lowest BCUT2D eigenvalue weighted by Crippen LogP contribution is -2.31. The summed E-state index contributed by atoms with van der Waals surface area (Å²) in [5, 5.41) is 21.5. The van der Waals surface area contributed by atoms with Crippen molar-refractivity contribution in [3.8, 4) is 11.5 Å². The maximum atomic E-state index is 11.5. The maximum Gasteiger partial charge on any atom is 0.214 e. The van der Waals surface area contributed by atoms with Gasteiger partial charge in [0.1, 0.15) is 11.5 Å². The third-order valence-electron chi connectivity index (χ3n) is 2.48. The highest BCUT2D eigenvalue weighted by molar-refractivity contribution is 7.89. The van der Waals surface area contributed by atoms with Crippen molar-refractivity contribution in [3.05, 3.63) is 23.8 Å². The van der Waals surface area contributed by atoms with Gasteiger partial charge < -0.3 is 15.5 Å². The number of hydrogen-bond acceptors (Lipinski definition) is 5. The normalized spacial score (nSPS) is 11.9. The van der Waals surface area contributed by atoms with Crippen molar-refractivity contribution in [2.45, 2.75) is 6.54 Å². The van der Waals surface area contributed by atoms with Gasteiger partial charge in [-0.25, -0.2) is 12.7 Å². The number of phenols is 2. The predicted molar refractivity (Wildman–Crippen MR) is 69.0 cm³/mol. The summed E-state index contributed by atoms with van der Waals surface area (Å²) in [4.78, 5) is 0. The molecule has 0 aromatic heterocycles. The summed E-state index contributed by atoms with van der Waals surface area (Å²) >= 11 is 0. The Morgan fingerprint density at radius 2 is 1.94 bits per heavy atom. The second-order valence-corrected chi connectivity index (χ2v) is 6.39. The van der Waals surface area contributed by atoms with E-state index in [1.807, 2.05) is 0 Å². The molecular formula is C11H18N2O4S. The van der Waals surface area contributed by atoms with E-state index in [1.165, 1.54) is 30.5 Å². The molecule has 6 nitrogen and oxygen atoms in total. The molecule has 0 aliphatic carbocycles. The first-order chi connectivity index (χ1) is 8.33. The summed E-state index contributed by atoms with van der Waals surface area (Å²) < 4.78 is 24.1. The molecule has 7 heteroatoms. The summed E-state index contributed by atoms with van der Waals surface area (Å²) in [6, 6.07) is 4.29. The minimum atomic E-state index is -3.20. The second kappa shape index (κ2) is 6.03. The van der Waals surface area contributed by atoms with Crippen LogP contribution in [-0.4, -0.2) is 49.3 Å². The number of hydrogen-bond donors (Lipinski definition) is 3. The van der Waals surface area contributed by atoms with Gasteiger partial charge in [-0.1, -0.05) is 6.07 Å². The summed E-state index contributed by atoms with van der Waals surface area (Å²) in [7, 11) is -0.227. The van der Waals surface area contributed by atoms with E-state index in [0.717, 1.165) is 0 Å². The molecule has 1 aromatic carbocycles. The lowest BCUT2D eigenvalue weighted by molar-refractivity contribution is 0.444. The van der Waals surface area contributed by atoms with Crippen LogP contribution < -0.4 is 5.32 Å². The number of benzene rings is 1. The molecule has 0 aliphatic rings. The van der Waals surface area contributed by atoms with Gasteiger partial charge in [-0.05, 0) is 6.07 Å². The Bertz CT molecular complexity index is 500. The molecule has 0 fully saturated rings. The third kappa shape index (κ3) is 4.17. The predicted octanol–water partition coefficient (Wildman–Crippen LogP) is 0.0788. The lowest BCUT2D eigenvalue weighted by Gasteiger charge is -2.12. The lowest BCUT2D eigenvalue weighted by atomic mass is 10.2. The largest absolute Gasteiger partial charge is 0.508 e. The number of nitrogens with one attached hydrogen (secondary N) is 1. The molecule has 0 spiro atoms. The fraction of sp³-hybridized carbons (Fsp3) is 0.455. The topological polar surface area (TPSA) is 89.9 Å². The van der Waals surface area contributed by atoms with Gasteiger partial charge in [0.2, 0.25) is 10.0 Å². The van der Waals surface area contributed by atoms with Gasteiger partial charge in [-0.2, -0.15) is 0 Å². The van der Waals surface area contributed by atoms with E-state index in [-0.39, 0.29) is 17.3 Å². The molecule has 0 heterocycles. The molecular weight excluding hydrogens is 256 g/mol. The van der Waals surface area contributed by atoms with E-state index < -0.39 is 10.0 Å². The Morgan fingerprint density at radius 3 is 2.50 bits per heavy atom. The van der Waals surface area contributed by atoms with Gasteiger partial charge in [-0.15, -0.1) is 0 Å². The third-order valence-corrected chi connectivity index (χ3v) is 4.31. The van der Waals surface area contributed by atoms with Crippen LogP contribution in [0.25, 0.3) is 0 Å². The Hall–Kier alpha value is -1.31. The molecule has 0 bridgehead atoms. The molecule has 0 atom stereocenters. The smallest absolute Gasteiger partial charge is 0.214 e. The summed E-state index contributed by atoms with van der Waals surface area (Å²) in [5.74, 6) is -0.0248. The van der Waals surface area contributed by atoms with Crippen molar-refractivity contribution >= 4 is 10.0 Å². The van der Waals surface area contributed by atoms with Crippen LogP contribution in [0, 0.1) is 0 Å². The van der Waals surface area contributed by atoms with Crippen molar-refractivity contribution in [1.82, 2.24) is 9.62 Å². The summed E-state index contributed by atoms with van der Waals surface area (Å²) in [5.41, 5.74) is 0.607. The maximum absolute atomic E-state index is 11.5. The van der Waals surface area contributed by atoms with Crippen molar-refractivity contribution in [2.24, 2.45) is 0 Å². The van der Waals surface area contributed by atoms with Crippen LogP contribution in [0.3, 0.4) is 0 Å². The molecule has 0 amide bonds. The highest BCUT2D eigenvalue weighted by Crippen LogP contribution is 2.22. The first-order valence-corrected chi connectivity index (χ1v) is 7.05. The van der Waals surface area contributed by atoms with Gasteiger partial charge in [0, 0.05) is 38.8 Å². The molecule has 0 unspecified atom stereocenters. The van der Waals surface area contributed by atoms with Crippen LogP contribution in [0.2, 0.25) is 0 Å². The van der Waals surface area contributed by atoms with E-state index in [2.05, 4.69) is 5.32 Å². The molecule has 3 N–H and O–H groups in total. The van der Waals surface area contributed by atoms with Crippen LogP contribution in [0.4, 0.5) is 0 Å². The quantitative estimate of drug-likeness (QED) is 0.639. The monoisotopic (exact) mass is 274 g/mol. The van der Waals surface area contributed by atoms with Gasteiger partial charge in [0.25, 0.3) is 0 Å². The van der Waals surface area contributed by atoms with E-state index in [4.69, 9.17) is 5.11 Å². The fourth-order valence-electron chi connectivity index (χ4n) is 1.31. The zero-order chi connectivity index (χ0) is 13.8. The average molecular weight is 274 g/mol. The van der Waals surface area contributed by atoms with Crippen molar-refractivity contribution in [3.63, 3.8) is 0 Å². The van der Waals surface area contributed by atoms with Crippen molar-refractivity contribution in [2.75, 3.05) is 26.4 Å². The summed E-state index contributed by atoms with van der Waals surface area (Å²) in [6.07, 6.45) is 0. The SMILES string of the molecule is CN(C)S(=O)(=O)CCNCc1ccc(O)cc1O. The summed E-state index contributed by atoms with van der Waals surface area (Å²) in [6.45, 7) is 0.635. The van der Waals surface area contributed by atoms with Gasteiger partial charge in [0.05, 0.1) is 5.75 Å². The Labute approximate surface area is 107 Å². The molecule has 1 rings (SSSR count). The minimum Gasteiger partial charge on any atom is -0.508 e. The van der Waals surface area contributed by atoms with E-state index in [9.17, 15) is 13.5 Å². The number of nitrogens with zero attached hydrogens (tertiary/aromatic N) is 1. The zero-order valence-corrected chi connectivity index (χ0v) is 11.2. The van der Waals surface area contributed by atoms with Crippen LogP contribution in [0.1, 0.15) is 5.56 Å². The van der Waals surface area contributed by atoms with E-state index in [0.29, 0.717) is 18.7 Å². The number of rotatable bonds is 6. The standard InChI is InChI=1S/C11H18N2O4S/c1-13(2)18(16,17)6-5-12-8-9-3-4-10(14)7-11(9)15/h3-4,7,12,14-15H,5-6,8H2,1-2H3. The molecule has 0 aliphatic heterocycles. The first-order valence-electron chi connectivity index (χ1n) is 5.44. The number of aromatic hydroxyl groups is 2. The van der Waals surface area contributed by atoms with Gasteiger partial charge in [0.15, 0.2) is 0 Å². The van der Waals surface area contributed by atoms with Crippen LogP contribution in [0.15, 0.2) is 18.2 Å². The molecule has 0 radical (unpaired) electrons. The minimum absolute atomic E-state index is 0.00115. The molecule has 1 aromatic rings. The highest BCUT2D eigenvalue weighted by atomic mass is 32.2. The van der Waals surface area contributed by atoms with Crippen molar-refractivity contribution < 1.29 is 18.6 Å². The van der Waals surface area contributed by atoms with Crippen LogP contribution in [-0.2, 0) is 16.6 Å². The van der Waals surface area contributed by atoms with E-state index >= 15 is 0 Å². The fourth-order valence-corrected chi connectivity index (χ4v) is 2.08. The van der Waals surface area contributed by atoms with Gasteiger partial charge >= 0.3 is 0 Å². The molecule has 0 saturated heterocycles.